The van der Waals surface area contributed by atoms with Crippen LogP contribution in [0.25, 0.3) is 10.9 Å². The van der Waals surface area contributed by atoms with Crippen molar-refractivity contribution < 1.29 is 4.39 Å². The Bertz CT molecular complexity index is 629. The van der Waals surface area contributed by atoms with Crippen LogP contribution in [0.3, 0.4) is 0 Å². The molecular weight excluding hydrogens is 229 g/mol. The van der Waals surface area contributed by atoms with Crippen LogP contribution in [0.5, 0.6) is 0 Å². The minimum Gasteiger partial charge on any atom is -0.383 e. The predicted molar refractivity (Wildman–Crippen MR) is 69.9 cm³/mol. The fourth-order valence-corrected chi connectivity index (χ4v) is 1.92. The Kier molecular flexibility index (Phi) is 3.42. The summed E-state index contributed by atoms with van der Waals surface area (Å²) in [6, 6.07) is 5.39. The van der Waals surface area contributed by atoms with Gasteiger partial charge in [0.25, 0.3) is 0 Å². The highest BCUT2D eigenvalue weighted by Gasteiger charge is 2.11. The third-order valence-corrected chi connectivity index (χ3v) is 2.74. The number of aryl methyl sites for hydroxylation is 1. The number of rotatable bonds is 3. The molecule has 0 bridgehead atoms. The third-order valence-electron chi connectivity index (χ3n) is 2.74. The molecule has 0 saturated heterocycles. The van der Waals surface area contributed by atoms with Crippen molar-refractivity contribution in [2.75, 3.05) is 11.9 Å². The number of nitrogens with zero attached hydrogens (tertiary/aromatic N) is 2. The van der Waals surface area contributed by atoms with Gasteiger partial charge >= 0.3 is 0 Å². The molecule has 0 aliphatic carbocycles. The maximum atomic E-state index is 13.8. The maximum absolute atomic E-state index is 13.8. The van der Waals surface area contributed by atoms with Gasteiger partial charge in [-0.1, -0.05) is 6.92 Å². The normalized spacial score (nSPS) is 10.3. The summed E-state index contributed by atoms with van der Waals surface area (Å²) in [5.41, 5.74) is 2.24. The molecule has 18 heavy (non-hydrogen) atoms. The van der Waals surface area contributed by atoms with Gasteiger partial charge in [-0.15, -0.1) is 0 Å². The molecule has 0 saturated carbocycles. The Morgan fingerprint density at radius 1 is 1.44 bits per heavy atom. The van der Waals surface area contributed by atoms with Gasteiger partial charge in [-0.05, 0) is 31.0 Å². The molecule has 1 heterocycles. The van der Waals surface area contributed by atoms with Crippen LogP contribution in [-0.2, 0) is 0 Å². The number of halogens is 1. The van der Waals surface area contributed by atoms with Crippen LogP contribution < -0.4 is 5.32 Å². The van der Waals surface area contributed by atoms with E-state index in [9.17, 15) is 4.39 Å². The number of anilines is 1. The third kappa shape index (κ3) is 2.12. The number of pyridine rings is 1. The summed E-state index contributed by atoms with van der Waals surface area (Å²) in [6.45, 7) is 4.60. The largest absolute Gasteiger partial charge is 0.383 e. The van der Waals surface area contributed by atoms with E-state index in [1.807, 2.05) is 19.9 Å². The van der Waals surface area contributed by atoms with E-state index in [-0.39, 0.29) is 5.82 Å². The van der Waals surface area contributed by atoms with Crippen molar-refractivity contribution in [3.05, 3.63) is 35.3 Å². The molecule has 1 N–H and O–H groups in total. The van der Waals surface area contributed by atoms with Gasteiger partial charge in [-0.3, -0.25) is 4.98 Å². The average Bonchev–Trinajstić information content (AvgIpc) is 2.35. The number of nitriles is 1. The van der Waals surface area contributed by atoms with E-state index >= 15 is 0 Å². The lowest BCUT2D eigenvalue weighted by Crippen LogP contribution is -2.04. The van der Waals surface area contributed by atoms with Gasteiger partial charge in [-0.2, -0.15) is 5.26 Å². The van der Waals surface area contributed by atoms with E-state index in [0.29, 0.717) is 22.2 Å². The number of hydrogen-bond acceptors (Lipinski definition) is 3. The van der Waals surface area contributed by atoms with Gasteiger partial charge in [0.05, 0.1) is 11.3 Å². The minimum absolute atomic E-state index is 0.304. The van der Waals surface area contributed by atoms with Crippen LogP contribution in [0, 0.1) is 24.1 Å². The van der Waals surface area contributed by atoms with Crippen molar-refractivity contribution in [3.8, 4) is 6.07 Å². The Morgan fingerprint density at radius 3 is 2.89 bits per heavy atom. The van der Waals surface area contributed by atoms with Crippen LogP contribution in [0.2, 0.25) is 0 Å². The molecule has 0 aliphatic rings. The van der Waals surface area contributed by atoms with Crippen LogP contribution >= 0.6 is 0 Å². The summed E-state index contributed by atoms with van der Waals surface area (Å²) in [5.74, 6) is -0.353. The standard InChI is InChI=1S/C14H14FN3/c1-3-4-17-13-10(7-16)8-18-14-11(13)5-9(2)6-12(14)15/h5-6,8H,3-4H2,1-2H3,(H,17,18). The quantitative estimate of drug-likeness (QED) is 0.899. The molecule has 92 valence electrons. The minimum atomic E-state index is -0.353. The van der Waals surface area contributed by atoms with E-state index < -0.39 is 0 Å². The zero-order valence-electron chi connectivity index (χ0n) is 10.4. The second-order valence-electron chi connectivity index (χ2n) is 4.23. The topological polar surface area (TPSA) is 48.7 Å². The first-order valence-corrected chi connectivity index (χ1v) is 5.90. The van der Waals surface area contributed by atoms with Gasteiger partial charge in [0.1, 0.15) is 17.4 Å². The summed E-state index contributed by atoms with van der Waals surface area (Å²) in [5, 5.41) is 12.9. The first-order chi connectivity index (χ1) is 8.67. The molecule has 3 nitrogen and oxygen atoms in total. The highest BCUT2D eigenvalue weighted by atomic mass is 19.1. The molecule has 0 fully saturated rings. The second kappa shape index (κ2) is 5.01. The molecule has 2 rings (SSSR count). The molecule has 2 aromatic rings. The fourth-order valence-electron chi connectivity index (χ4n) is 1.92. The lowest BCUT2D eigenvalue weighted by atomic mass is 10.1. The number of aromatic nitrogens is 1. The molecule has 0 amide bonds. The Hall–Kier alpha value is -2.15. The van der Waals surface area contributed by atoms with E-state index in [2.05, 4.69) is 16.4 Å². The van der Waals surface area contributed by atoms with Crippen molar-refractivity contribution in [3.63, 3.8) is 0 Å². The zero-order chi connectivity index (χ0) is 13.1. The second-order valence-corrected chi connectivity index (χ2v) is 4.23. The molecule has 0 unspecified atom stereocenters. The molecule has 1 aromatic carbocycles. The number of fused-ring (bicyclic) bond motifs is 1. The first-order valence-electron chi connectivity index (χ1n) is 5.90. The predicted octanol–water partition coefficient (Wildman–Crippen LogP) is 3.38. The summed E-state index contributed by atoms with van der Waals surface area (Å²) >= 11 is 0. The number of benzene rings is 1. The van der Waals surface area contributed by atoms with Gasteiger partial charge in [0, 0.05) is 18.1 Å². The lowest BCUT2D eigenvalue weighted by Gasteiger charge is -2.11. The van der Waals surface area contributed by atoms with Crippen molar-refractivity contribution >= 4 is 16.6 Å². The molecule has 0 atom stereocenters. The first kappa shape index (κ1) is 12.3. The van der Waals surface area contributed by atoms with Gasteiger partial charge in [-0.25, -0.2) is 4.39 Å². The monoisotopic (exact) mass is 243 g/mol. The molecule has 0 radical (unpaired) electrons. The molecule has 1 aromatic heterocycles. The van der Waals surface area contributed by atoms with Crippen molar-refractivity contribution in [1.82, 2.24) is 4.98 Å². The van der Waals surface area contributed by atoms with Crippen LogP contribution in [-0.4, -0.2) is 11.5 Å². The maximum Gasteiger partial charge on any atom is 0.149 e. The Balaban J connectivity index is 2.72. The van der Waals surface area contributed by atoms with Crippen LogP contribution in [0.4, 0.5) is 10.1 Å². The summed E-state index contributed by atoms with van der Waals surface area (Å²) < 4.78 is 13.8. The van der Waals surface area contributed by atoms with Gasteiger partial charge in [0.15, 0.2) is 0 Å². The lowest BCUT2D eigenvalue weighted by molar-refractivity contribution is 0.635. The van der Waals surface area contributed by atoms with Crippen LogP contribution in [0.1, 0.15) is 24.5 Å². The highest BCUT2D eigenvalue weighted by molar-refractivity contribution is 5.94. The average molecular weight is 243 g/mol. The van der Waals surface area contributed by atoms with Gasteiger partial charge in [0.2, 0.25) is 0 Å². The van der Waals surface area contributed by atoms with Crippen molar-refractivity contribution in [1.29, 1.82) is 5.26 Å². The van der Waals surface area contributed by atoms with E-state index in [1.165, 1.54) is 12.3 Å². The fraction of sp³-hybridized carbons (Fsp3) is 0.286. The Labute approximate surface area is 105 Å². The van der Waals surface area contributed by atoms with Gasteiger partial charge < -0.3 is 5.32 Å². The highest BCUT2D eigenvalue weighted by Crippen LogP contribution is 2.28. The number of hydrogen-bond donors (Lipinski definition) is 1. The van der Waals surface area contributed by atoms with Crippen molar-refractivity contribution in [2.45, 2.75) is 20.3 Å². The molecular formula is C14H14FN3. The zero-order valence-corrected chi connectivity index (χ0v) is 10.4. The summed E-state index contributed by atoms with van der Waals surface area (Å²) in [7, 11) is 0. The SMILES string of the molecule is CCCNc1c(C#N)cnc2c(F)cc(C)cc12. The van der Waals surface area contributed by atoms with Crippen LogP contribution in [0.15, 0.2) is 18.3 Å². The molecule has 0 spiro atoms. The summed E-state index contributed by atoms with van der Waals surface area (Å²) in [4.78, 5) is 4.02. The molecule has 4 heteroatoms. The summed E-state index contributed by atoms with van der Waals surface area (Å²) in [6.07, 6.45) is 2.35. The van der Waals surface area contributed by atoms with E-state index in [1.54, 1.807) is 0 Å². The molecule has 0 aliphatic heterocycles. The number of nitrogens with one attached hydrogen (secondary N) is 1. The van der Waals surface area contributed by atoms with E-state index in [4.69, 9.17) is 5.26 Å². The van der Waals surface area contributed by atoms with Crippen molar-refractivity contribution in [2.24, 2.45) is 0 Å². The smallest absolute Gasteiger partial charge is 0.149 e. The Morgan fingerprint density at radius 2 is 2.22 bits per heavy atom. The van der Waals surface area contributed by atoms with E-state index in [0.717, 1.165) is 18.5 Å².